The second-order valence-electron chi connectivity index (χ2n) is 5.73. The molecule has 3 aromatic rings. The summed E-state index contributed by atoms with van der Waals surface area (Å²) in [7, 11) is 0. The molecule has 27 heavy (non-hydrogen) atoms. The van der Waals surface area contributed by atoms with Crippen LogP contribution in [-0.2, 0) is 11.4 Å². The number of rotatable bonds is 6. The molecule has 5 nitrogen and oxygen atoms in total. The zero-order chi connectivity index (χ0) is 19.2. The highest BCUT2D eigenvalue weighted by atomic mass is 35.5. The van der Waals surface area contributed by atoms with Gasteiger partial charge in [0, 0.05) is 5.02 Å². The maximum Gasteiger partial charge on any atom is 0.365 e. The smallest absolute Gasteiger partial charge is 0.365 e. The Hall–Kier alpha value is -2.83. The fourth-order valence-corrected chi connectivity index (χ4v) is 2.96. The van der Waals surface area contributed by atoms with Crippen molar-refractivity contribution in [3.8, 4) is 5.75 Å². The molecule has 7 heteroatoms. The van der Waals surface area contributed by atoms with Crippen LogP contribution < -0.4 is 10.5 Å². The van der Waals surface area contributed by atoms with Gasteiger partial charge in [-0.25, -0.2) is 4.79 Å². The third kappa shape index (κ3) is 5.09. The van der Waals surface area contributed by atoms with Crippen LogP contribution in [0.25, 0.3) is 0 Å². The van der Waals surface area contributed by atoms with Crippen molar-refractivity contribution in [1.82, 2.24) is 0 Å². The summed E-state index contributed by atoms with van der Waals surface area (Å²) in [5.41, 5.74) is 8.01. The van der Waals surface area contributed by atoms with Crippen LogP contribution in [0.3, 0.4) is 0 Å². The number of amidine groups is 1. The van der Waals surface area contributed by atoms with Gasteiger partial charge in [0.05, 0.1) is 10.4 Å². The van der Waals surface area contributed by atoms with Crippen molar-refractivity contribution in [2.24, 2.45) is 10.9 Å². The Bertz CT molecular complexity index is 954. The highest BCUT2D eigenvalue weighted by molar-refractivity contribution is 7.12. The number of hydrogen-bond donors (Lipinski definition) is 1. The summed E-state index contributed by atoms with van der Waals surface area (Å²) in [6.07, 6.45) is 0. The second-order valence-corrected chi connectivity index (χ2v) is 7.08. The molecule has 0 amide bonds. The summed E-state index contributed by atoms with van der Waals surface area (Å²) >= 11 is 7.42. The van der Waals surface area contributed by atoms with E-state index in [2.05, 4.69) is 5.16 Å². The lowest BCUT2D eigenvalue weighted by Gasteiger charge is -2.08. The SMILES string of the molecule is Cc1cc(OCc2ccc(C(=O)O/N=C(\N)c3cccs3)cc2)ccc1Cl. The van der Waals surface area contributed by atoms with Crippen LogP contribution in [0.1, 0.15) is 26.4 Å². The van der Waals surface area contributed by atoms with Crippen LogP contribution in [0.4, 0.5) is 0 Å². The van der Waals surface area contributed by atoms with E-state index < -0.39 is 5.97 Å². The summed E-state index contributed by atoms with van der Waals surface area (Å²) in [5.74, 6) is 0.329. The van der Waals surface area contributed by atoms with Gasteiger partial charge in [0.1, 0.15) is 12.4 Å². The Kier molecular flexibility index (Phi) is 6.11. The van der Waals surface area contributed by atoms with E-state index in [-0.39, 0.29) is 5.84 Å². The van der Waals surface area contributed by atoms with Crippen LogP contribution in [0.5, 0.6) is 5.75 Å². The number of hydrogen-bond acceptors (Lipinski definition) is 5. The van der Waals surface area contributed by atoms with Crippen LogP contribution >= 0.6 is 22.9 Å². The van der Waals surface area contributed by atoms with Gasteiger partial charge in [-0.2, -0.15) is 0 Å². The van der Waals surface area contributed by atoms with Crippen molar-refractivity contribution in [3.05, 3.63) is 86.6 Å². The summed E-state index contributed by atoms with van der Waals surface area (Å²) in [4.78, 5) is 17.7. The molecule has 2 aromatic carbocycles. The van der Waals surface area contributed by atoms with E-state index in [0.29, 0.717) is 17.2 Å². The van der Waals surface area contributed by atoms with Crippen molar-refractivity contribution in [3.63, 3.8) is 0 Å². The third-order valence-corrected chi connectivity index (χ3v) is 5.04. The lowest BCUT2D eigenvalue weighted by Crippen LogP contribution is -2.13. The first-order chi connectivity index (χ1) is 13.0. The van der Waals surface area contributed by atoms with Gasteiger partial charge in [0.25, 0.3) is 0 Å². The van der Waals surface area contributed by atoms with Gasteiger partial charge in [-0.05, 0) is 59.8 Å². The van der Waals surface area contributed by atoms with Crippen molar-refractivity contribution >= 4 is 34.7 Å². The molecule has 1 aromatic heterocycles. The first-order valence-corrected chi connectivity index (χ1v) is 9.35. The molecule has 0 aliphatic heterocycles. The molecule has 0 saturated heterocycles. The molecule has 0 radical (unpaired) electrons. The Labute approximate surface area is 166 Å². The number of nitrogens with zero attached hydrogens (tertiary/aromatic N) is 1. The summed E-state index contributed by atoms with van der Waals surface area (Å²) in [6.45, 7) is 2.29. The molecule has 138 valence electrons. The average Bonchev–Trinajstić information content (AvgIpc) is 3.22. The molecule has 0 aliphatic carbocycles. The van der Waals surface area contributed by atoms with Gasteiger partial charge in [0.2, 0.25) is 0 Å². The summed E-state index contributed by atoms with van der Waals surface area (Å²) < 4.78 is 5.74. The first-order valence-electron chi connectivity index (χ1n) is 8.09. The van der Waals surface area contributed by atoms with Gasteiger partial charge in [-0.1, -0.05) is 35.0 Å². The number of benzene rings is 2. The van der Waals surface area contributed by atoms with Gasteiger partial charge in [-0.15, -0.1) is 11.3 Å². The van der Waals surface area contributed by atoms with E-state index in [0.717, 1.165) is 21.8 Å². The quantitative estimate of drug-likeness (QED) is 0.280. The number of carbonyl (C=O) groups excluding carboxylic acids is 1. The second kappa shape index (κ2) is 8.70. The van der Waals surface area contributed by atoms with Crippen molar-refractivity contribution in [1.29, 1.82) is 0 Å². The fraction of sp³-hybridized carbons (Fsp3) is 0.100. The number of thiophene rings is 1. The number of ether oxygens (including phenoxy) is 1. The van der Waals surface area contributed by atoms with E-state index in [9.17, 15) is 4.79 Å². The molecular weight excluding hydrogens is 384 g/mol. The Morgan fingerprint density at radius 2 is 1.96 bits per heavy atom. The minimum Gasteiger partial charge on any atom is -0.489 e. The molecule has 0 bridgehead atoms. The zero-order valence-electron chi connectivity index (χ0n) is 14.5. The van der Waals surface area contributed by atoms with Crippen LogP contribution in [0.2, 0.25) is 5.02 Å². The molecule has 0 spiro atoms. The predicted octanol–water partition coefficient (Wildman–Crippen LogP) is 4.77. The third-order valence-electron chi connectivity index (χ3n) is 3.73. The number of carbonyl (C=O) groups is 1. The van der Waals surface area contributed by atoms with E-state index >= 15 is 0 Å². The molecule has 3 rings (SSSR count). The van der Waals surface area contributed by atoms with Gasteiger partial charge >= 0.3 is 5.97 Å². The normalized spacial score (nSPS) is 11.3. The van der Waals surface area contributed by atoms with Crippen molar-refractivity contribution < 1.29 is 14.4 Å². The maximum absolute atomic E-state index is 12.1. The highest BCUT2D eigenvalue weighted by Gasteiger charge is 2.09. The van der Waals surface area contributed by atoms with E-state index in [4.69, 9.17) is 26.9 Å². The average molecular weight is 401 g/mol. The Balaban J connectivity index is 1.57. The van der Waals surface area contributed by atoms with Crippen molar-refractivity contribution in [2.75, 3.05) is 0 Å². The fourth-order valence-electron chi connectivity index (χ4n) is 2.22. The Morgan fingerprint density at radius 1 is 1.19 bits per heavy atom. The minimum absolute atomic E-state index is 0.168. The predicted molar refractivity (Wildman–Crippen MR) is 107 cm³/mol. The summed E-state index contributed by atoms with van der Waals surface area (Å²) in [5, 5.41) is 6.24. The summed E-state index contributed by atoms with van der Waals surface area (Å²) in [6, 6.07) is 16.0. The van der Waals surface area contributed by atoms with Crippen molar-refractivity contribution in [2.45, 2.75) is 13.5 Å². The van der Waals surface area contributed by atoms with Crippen LogP contribution in [0.15, 0.2) is 65.1 Å². The molecule has 2 N–H and O–H groups in total. The highest BCUT2D eigenvalue weighted by Crippen LogP contribution is 2.22. The minimum atomic E-state index is -0.574. The molecule has 0 aliphatic rings. The zero-order valence-corrected chi connectivity index (χ0v) is 16.1. The monoisotopic (exact) mass is 400 g/mol. The van der Waals surface area contributed by atoms with E-state index in [1.54, 1.807) is 36.4 Å². The number of oxime groups is 1. The van der Waals surface area contributed by atoms with E-state index in [1.807, 2.05) is 30.5 Å². The lowest BCUT2D eigenvalue weighted by molar-refractivity contribution is 0.0516. The Morgan fingerprint density at radius 3 is 2.63 bits per heavy atom. The van der Waals surface area contributed by atoms with E-state index in [1.165, 1.54) is 11.3 Å². The number of aryl methyl sites for hydroxylation is 1. The van der Waals surface area contributed by atoms with Gasteiger partial charge in [0.15, 0.2) is 5.84 Å². The molecular formula is C20H17ClN2O3S. The molecule has 0 atom stereocenters. The largest absolute Gasteiger partial charge is 0.489 e. The molecule has 1 heterocycles. The first kappa shape index (κ1) is 18.9. The number of nitrogens with two attached hydrogens (primary N) is 1. The molecule has 0 unspecified atom stereocenters. The topological polar surface area (TPSA) is 73.9 Å². The molecule has 0 saturated carbocycles. The van der Waals surface area contributed by atoms with Crippen LogP contribution in [-0.4, -0.2) is 11.8 Å². The standard InChI is InChI=1S/C20H17ClN2O3S/c1-13-11-16(8-9-17(13)21)25-12-14-4-6-15(7-5-14)20(24)26-23-19(22)18-3-2-10-27-18/h2-11H,12H2,1H3,(H2,22,23). The number of halogens is 1. The molecule has 0 fully saturated rings. The maximum atomic E-state index is 12.1. The van der Waals surface area contributed by atoms with Gasteiger partial charge < -0.3 is 15.3 Å². The van der Waals surface area contributed by atoms with Crippen LogP contribution in [0, 0.1) is 6.92 Å². The lowest BCUT2D eigenvalue weighted by atomic mass is 10.1. The van der Waals surface area contributed by atoms with Gasteiger partial charge in [-0.3, -0.25) is 0 Å².